The number of hydrogen-bond donors (Lipinski definition) is 3. The van der Waals surface area contributed by atoms with E-state index in [0.29, 0.717) is 0 Å². The summed E-state index contributed by atoms with van der Waals surface area (Å²) < 4.78 is 4.50. The van der Waals surface area contributed by atoms with Gasteiger partial charge in [-0.2, -0.15) is 0 Å². The lowest BCUT2D eigenvalue weighted by Gasteiger charge is -2.01. The molecule has 64 valence electrons. The Bertz CT molecular complexity index is 47.0. The zero-order chi connectivity index (χ0) is 8.41. The number of aliphatic hydroxyl groups is 3. The lowest BCUT2D eigenvalue weighted by Crippen LogP contribution is -2.09. The fraction of sp³-hybridized carbons (Fsp3) is 1.00. The average molecular weight is 152 g/mol. The first-order chi connectivity index (χ1) is 4.68. The monoisotopic (exact) mass is 152 g/mol. The maximum absolute atomic E-state index is 8.35. The molecule has 4 nitrogen and oxygen atoms in total. The molecule has 0 aliphatic carbocycles. The van der Waals surface area contributed by atoms with E-state index < -0.39 is 6.29 Å². The van der Waals surface area contributed by atoms with E-state index in [1.165, 1.54) is 6.92 Å². The first-order valence-electron chi connectivity index (χ1n) is 3.20. The summed E-state index contributed by atoms with van der Waals surface area (Å²) in [6, 6.07) is 0. The molecule has 0 spiro atoms. The van der Waals surface area contributed by atoms with E-state index in [0.717, 1.165) is 0 Å². The molecule has 0 aromatic carbocycles. The molecule has 3 N–H and O–H groups in total. The molecule has 1 unspecified atom stereocenters. The molecule has 0 rings (SSSR count). The van der Waals surface area contributed by atoms with Crippen LogP contribution in [0.25, 0.3) is 0 Å². The Labute approximate surface area is 61.1 Å². The van der Waals surface area contributed by atoms with Gasteiger partial charge >= 0.3 is 0 Å². The Hall–Kier alpha value is -0.160. The number of hydrogen-bond acceptors (Lipinski definition) is 4. The standard InChI is InChI=1S/C4H10O3.C2H6O/c1-4(6)7-3-2-5;1-2-3/h4-6H,2-3H2,1H3;3H,2H2,1H3. The number of aliphatic hydroxyl groups excluding tert-OH is 3. The lowest BCUT2D eigenvalue weighted by atomic mass is 10.7. The van der Waals surface area contributed by atoms with Crippen LogP contribution in [-0.2, 0) is 4.74 Å². The molecule has 4 heteroatoms. The van der Waals surface area contributed by atoms with Crippen LogP contribution in [0.5, 0.6) is 0 Å². The minimum absolute atomic E-state index is 0.0368. The van der Waals surface area contributed by atoms with Gasteiger partial charge in [-0.15, -0.1) is 0 Å². The van der Waals surface area contributed by atoms with Crippen molar-refractivity contribution >= 4 is 0 Å². The van der Waals surface area contributed by atoms with Crippen LogP contribution in [0.3, 0.4) is 0 Å². The van der Waals surface area contributed by atoms with Crippen molar-refractivity contribution in [1.82, 2.24) is 0 Å². The summed E-state index contributed by atoms with van der Waals surface area (Å²) in [7, 11) is 0. The quantitative estimate of drug-likeness (QED) is 0.469. The molecule has 1 atom stereocenters. The first kappa shape index (κ1) is 12.5. The van der Waals surface area contributed by atoms with Gasteiger partial charge in [0.15, 0.2) is 6.29 Å². The maximum atomic E-state index is 8.35. The normalized spacial score (nSPS) is 11.7. The molecule has 0 aliphatic rings. The number of rotatable bonds is 3. The van der Waals surface area contributed by atoms with Crippen LogP contribution in [-0.4, -0.2) is 41.4 Å². The highest BCUT2D eigenvalue weighted by atomic mass is 16.6. The van der Waals surface area contributed by atoms with Crippen molar-refractivity contribution in [3.63, 3.8) is 0 Å². The van der Waals surface area contributed by atoms with Crippen molar-refractivity contribution < 1.29 is 20.1 Å². The summed E-state index contributed by atoms with van der Waals surface area (Å²) in [5.74, 6) is 0. The Balaban J connectivity index is 0. The molecule has 0 aromatic heterocycles. The van der Waals surface area contributed by atoms with Gasteiger partial charge < -0.3 is 20.1 Å². The van der Waals surface area contributed by atoms with Crippen LogP contribution in [0.1, 0.15) is 13.8 Å². The predicted molar refractivity (Wildman–Crippen MR) is 37.5 cm³/mol. The molecule has 0 aliphatic heterocycles. The van der Waals surface area contributed by atoms with Crippen LogP contribution in [0.2, 0.25) is 0 Å². The lowest BCUT2D eigenvalue weighted by molar-refractivity contribution is -0.0932. The third kappa shape index (κ3) is 24.9. The molecule has 0 radical (unpaired) electrons. The Morgan fingerprint density at radius 3 is 1.90 bits per heavy atom. The molecule has 0 heterocycles. The van der Waals surface area contributed by atoms with Gasteiger partial charge in [0.25, 0.3) is 0 Å². The molecule has 0 aromatic rings. The van der Waals surface area contributed by atoms with Crippen molar-refractivity contribution in [3.8, 4) is 0 Å². The highest BCUT2D eigenvalue weighted by Crippen LogP contribution is 1.79. The SMILES string of the molecule is CC(O)OCCO.CCO. The molecule has 0 saturated carbocycles. The second-order valence-electron chi connectivity index (χ2n) is 1.51. The van der Waals surface area contributed by atoms with E-state index >= 15 is 0 Å². The van der Waals surface area contributed by atoms with Gasteiger partial charge in [-0.3, -0.25) is 0 Å². The van der Waals surface area contributed by atoms with Crippen LogP contribution >= 0.6 is 0 Å². The van der Waals surface area contributed by atoms with Gasteiger partial charge in [0.1, 0.15) is 0 Å². The topological polar surface area (TPSA) is 69.9 Å². The van der Waals surface area contributed by atoms with E-state index in [-0.39, 0.29) is 19.8 Å². The zero-order valence-electron chi connectivity index (χ0n) is 6.45. The van der Waals surface area contributed by atoms with Gasteiger partial charge in [-0.05, 0) is 13.8 Å². The van der Waals surface area contributed by atoms with Crippen molar-refractivity contribution in [1.29, 1.82) is 0 Å². The molecule has 0 saturated heterocycles. The zero-order valence-corrected chi connectivity index (χ0v) is 6.45. The van der Waals surface area contributed by atoms with Crippen molar-refractivity contribution in [2.24, 2.45) is 0 Å². The highest BCUT2D eigenvalue weighted by molar-refractivity contribution is 4.24. The maximum Gasteiger partial charge on any atom is 0.151 e. The van der Waals surface area contributed by atoms with Gasteiger partial charge in [0.05, 0.1) is 13.2 Å². The van der Waals surface area contributed by atoms with E-state index in [2.05, 4.69) is 4.74 Å². The Kier molecular flexibility index (Phi) is 14.5. The molecular formula is C6H16O4. The summed E-state index contributed by atoms with van der Waals surface area (Å²) >= 11 is 0. The summed E-state index contributed by atoms with van der Waals surface area (Å²) in [6.45, 7) is 3.60. The van der Waals surface area contributed by atoms with Crippen LogP contribution in [0.15, 0.2) is 0 Å². The molecule has 10 heavy (non-hydrogen) atoms. The molecule has 0 fully saturated rings. The molecule has 0 bridgehead atoms. The Morgan fingerprint density at radius 2 is 1.80 bits per heavy atom. The smallest absolute Gasteiger partial charge is 0.151 e. The van der Waals surface area contributed by atoms with E-state index in [1.54, 1.807) is 6.92 Å². The molecule has 0 amide bonds. The largest absolute Gasteiger partial charge is 0.397 e. The van der Waals surface area contributed by atoms with Crippen LogP contribution < -0.4 is 0 Å². The fourth-order valence-electron chi connectivity index (χ4n) is 0.223. The second kappa shape index (κ2) is 11.6. The van der Waals surface area contributed by atoms with E-state index in [1.807, 2.05) is 0 Å². The van der Waals surface area contributed by atoms with Crippen molar-refractivity contribution in [3.05, 3.63) is 0 Å². The molecular weight excluding hydrogens is 136 g/mol. The predicted octanol–water partition coefficient (Wildman–Crippen LogP) is -0.668. The fourth-order valence-corrected chi connectivity index (χ4v) is 0.223. The summed E-state index contributed by atoms with van der Waals surface area (Å²) in [4.78, 5) is 0. The van der Waals surface area contributed by atoms with E-state index in [4.69, 9.17) is 15.3 Å². The highest BCUT2D eigenvalue weighted by Gasteiger charge is 1.89. The van der Waals surface area contributed by atoms with Crippen molar-refractivity contribution in [2.45, 2.75) is 20.1 Å². The van der Waals surface area contributed by atoms with Gasteiger partial charge in [0, 0.05) is 6.61 Å². The van der Waals surface area contributed by atoms with Crippen LogP contribution in [0, 0.1) is 0 Å². The second-order valence-corrected chi connectivity index (χ2v) is 1.51. The van der Waals surface area contributed by atoms with Gasteiger partial charge in [0.2, 0.25) is 0 Å². The van der Waals surface area contributed by atoms with Crippen LogP contribution in [0.4, 0.5) is 0 Å². The van der Waals surface area contributed by atoms with E-state index in [9.17, 15) is 0 Å². The summed E-state index contributed by atoms with van der Waals surface area (Å²) in [5, 5.41) is 24.0. The third-order valence-electron chi connectivity index (χ3n) is 0.450. The summed E-state index contributed by atoms with van der Waals surface area (Å²) in [5.41, 5.74) is 0. The van der Waals surface area contributed by atoms with Gasteiger partial charge in [-0.25, -0.2) is 0 Å². The first-order valence-corrected chi connectivity index (χ1v) is 3.20. The number of ether oxygens (including phenoxy) is 1. The van der Waals surface area contributed by atoms with Crippen molar-refractivity contribution in [2.75, 3.05) is 19.8 Å². The average Bonchev–Trinajstić information content (AvgIpc) is 1.85. The van der Waals surface area contributed by atoms with Gasteiger partial charge in [-0.1, -0.05) is 0 Å². The summed E-state index contributed by atoms with van der Waals surface area (Å²) in [6.07, 6.45) is -0.757. The minimum Gasteiger partial charge on any atom is -0.397 e. The third-order valence-corrected chi connectivity index (χ3v) is 0.450. The Morgan fingerprint density at radius 1 is 1.40 bits per heavy atom. The minimum atomic E-state index is -0.757.